The molecule has 2 N–H and O–H groups in total. The monoisotopic (exact) mass is 321 g/mol. The van der Waals surface area contributed by atoms with Crippen LogP contribution in [0.15, 0.2) is 26.4 Å². The highest BCUT2D eigenvalue weighted by Gasteiger charge is 2.07. The van der Waals surface area contributed by atoms with E-state index < -0.39 is 0 Å². The van der Waals surface area contributed by atoms with Gasteiger partial charge in [-0.15, -0.1) is 4.91 Å². The lowest BCUT2D eigenvalue weighted by molar-refractivity contribution is 0.342. The van der Waals surface area contributed by atoms with Gasteiger partial charge in [0.05, 0.1) is 17.5 Å². The lowest BCUT2D eigenvalue weighted by Gasteiger charge is -2.12. The Hall–Kier alpha value is -0.620. The molecule has 0 bridgehead atoms. The van der Waals surface area contributed by atoms with Gasteiger partial charge < -0.3 is 5.73 Å². The van der Waals surface area contributed by atoms with E-state index in [0.29, 0.717) is 12.2 Å². The van der Waals surface area contributed by atoms with Crippen molar-refractivity contribution >= 4 is 37.5 Å². The first kappa shape index (κ1) is 11.5. The van der Waals surface area contributed by atoms with Crippen LogP contribution in [-0.4, -0.2) is 12.1 Å². The summed E-state index contributed by atoms with van der Waals surface area (Å²) in [6.07, 6.45) is 0. The van der Waals surface area contributed by atoms with Crippen molar-refractivity contribution in [3.63, 3.8) is 0 Å². The minimum Gasteiger partial charge on any atom is -0.398 e. The van der Waals surface area contributed by atoms with Gasteiger partial charge in [0, 0.05) is 16.0 Å². The van der Waals surface area contributed by atoms with Crippen molar-refractivity contribution in [1.82, 2.24) is 5.01 Å². The molecule has 0 unspecified atom stereocenters. The van der Waals surface area contributed by atoms with E-state index in [-0.39, 0.29) is 0 Å². The second-order valence-electron chi connectivity index (χ2n) is 2.86. The normalized spacial score (nSPS) is 9.93. The predicted octanol–water partition coefficient (Wildman–Crippen LogP) is 2.91. The lowest BCUT2D eigenvalue weighted by atomic mass is 10.2. The molecule has 6 heteroatoms. The molecule has 0 atom stereocenters. The molecule has 4 nitrogen and oxygen atoms in total. The Morgan fingerprint density at radius 2 is 2.14 bits per heavy atom. The summed E-state index contributed by atoms with van der Waals surface area (Å²) in [6, 6.07) is 3.72. The molecule has 0 spiro atoms. The van der Waals surface area contributed by atoms with E-state index in [0.717, 1.165) is 14.5 Å². The van der Waals surface area contributed by atoms with Gasteiger partial charge in [-0.2, -0.15) is 0 Å². The Balaban J connectivity index is 3.01. The van der Waals surface area contributed by atoms with Crippen LogP contribution in [0.25, 0.3) is 0 Å². The average Bonchev–Trinajstić information content (AvgIpc) is 2.13. The van der Waals surface area contributed by atoms with Gasteiger partial charge in [0.2, 0.25) is 0 Å². The summed E-state index contributed by atoms with van der Waals surface area (Å²) in [5.74, 6) is 0. The number of hydrogen-bond acceptors (Lipinski definition) is 3. The number of hydrogen-bond donors (Lipinski definition) is 1. The summed E-state index contributed by atoms with van der Waals surface area (Å²) in [5.41, 5.74) is 7.30. The number of nitrogens with zero attached hydrogens (tertiary/aromatic N) is 2. The number of nitrogens with two attached hydrogens (primary N) is 1. The summed E-state index contributed by atoms with van der Waals surface area (Å²) < 4.78 is 1.72. The molecule has 0 aromatic heterocycles. The Morgan fingerprint density at radius 1 is 1.50 bits per heavy atom. The fraction of sp³-hybridized carbons (Fsp3) is 0.250. The van der Waals surface area contributed by atoms with Crippen LogP contribution in [0.1, 0.15) is 5.56 Å². The molecule has 0 saturated carbocycles. The standard InChI is InChI=1S/C8H9Br2N3O/c1-13(12-14)4-5-2-6(9)3-7(10)8(5)11/h2-3H,4,11H2,1H3. The third kappa shape index (κ3) is 2.68. The lowest BCUT2D eigenvalue weighted by Crippen LogP contribution is -2.11. The summed E-state index contributed by atoms with van der Waals surface area (Å²) in [4.78, 5) is 10.2. The van der Waals surface area contributed by atoms with E-state index in [4.69, 9.17) is 5.73 Å². The number of nitroso groups, excluding NO2 is 1. The summed E-state index contributed by atoms with van der Waals surface area (Å²) in [7, 11) is 1.60. The van der Waals surface area contributed by atoms with Crippen LogP contribution in [-0.2, 0) is 6.54 Å². The maximum absolute atomic E-state index is 10.2. The Morgan fingerprint density at radius 3 is 2.71 bits per heavy atom. The van der Waals surface area contributed by atoms with Crippen molar-refractivity contribution < 1.29 is 0 Å². The molecule has 0 radical (unpaired) electrons. The molecule has 0 aliphatic heterocycles. The Bertz CT molecular complexity index is 357. The third-order valence-electron chi connectivity index (χ3n) is 1.72. The fourth-order valence-electron chi connectivity index (χ4n) is 1.04. The van der Waals surface area contributed by atoms with Crippen LogP contribution in [0.4, 0.5) is 5.69 Å². The van der Waals surface area contributed by atoms with Gasteiger partial charge in [0.25, 0.3) is 0 Å². The summed E-state index contributed by atoms with van der Waals surface area (Å²) in [5, 5.41) is 4.06. The molecule has 0 amide bonds. The highest BCUT2D eigenvalue weighted by atomic mass is 79.9. The molecule has 0 saturated heterocycles. The van der Waals surface area contributed by atoms with Gasteiger partial charge in [0.15, 0.2) is 0 Å². The van der Waals surface area contributed by atoms with E-state index in [2.05, 4.69) is 37.1 Å². The highest BCUT2D eigenvalue weighted by molar-refractivity contribution is 9.11. The van der Waals surface area contributed by atoms with Gasteiger partial charge in [-0.1, -0.05) is 15.9 Å². The Kier molecular flexibility index (Phi) is 3.88. The van der Waals surface area contributed by atoms with Crippen LogP contribution in [0.2, 0.25) is 0 Å². The molecule has 0 heterocycles. The molecule has 14 heavy (non-hydrogen) atoms. The number of halogens is 2. The second kappa shape index (κ2) is 4.75. The first-order valence-electron chi connectivity index (χ1n) is 3.82. The zero-order chi connectivity index (χ0) is 10.7. The van der Waals surface area contributed by atoms with Gasteiger partial charge in [0.1, 0.15) is 0 Å². The maximum atomic E-state index is 10.2. The minimum absolute atomic E-state index is 0.396. The van der Waals surface area contributed by atoms with Gasteiger partial charge in [-0.3, -0.25) is 5.01 Å². The van der Waals surface area contributed by atoms with Crippen molar-refractivity contribution in [3.8, 4) is 0 Å². The number of rotatable bonds is 3. The highest BCUT2D eigenvalue weighted by Crippen LogP contribution is 2.28. The van der Waals surface area contributed by atoms with Crippen molar-refractivity contribution in [2.24, 2.45) is 5.29 Å². The van der Waals surface area contributed by atoms with Crippen LogP contribution < -0.4 is 5.73 Å². The maximum Gasteiger partial charge on any atom is 0.0660 e. The van der Waals surface area contributed by atoms with Crippen LogP contribution in [0.5, 0.6) is 0 Å². The number of benzene rings is 1. The molecule has 0 aliphatic carbocycles. The van der Waals surface area contributed by atoms with Crippen LogP contribution in [0.3, 0.4) is 0 Å². The first-order chi connectivity index (χ1) is 6.54. The van der Waals surface area contributed by atoms with E-state index in [1.165, 1.54) is 5.01 Å². The van der Waals surface area contributed by atoms with Crippen molar-refractivity contribution in [2.75, 3.05) is 12.8 Å². The van der Waals surface area contributed by atoms with Crippen molar-refractivity contribution in [1.29, 1.82) is 0 Å². The molecule has 76 valence electrons. The largest absolute Gasteiger partial charge is 0.398 e. The van der Waals surface area contributed by atoms with E-state index in [1.54, 1.807) is 7.05 Å². The molecule has 0 aliphatic rings. The molecular weight excluding hydrogens is 314 g/mol. The predicted molar refractivity (Wildman–Crippen MR) is 63.5 cm³/mol. The van der Waals surface area contributed by atoms with Gasteiger partial charge in [-0.05, 0) is 33.6 Å². The van der Waals surface area contributed by atoms with Crippen molar-refractivity contribution in [2.45, 2.75) is 6.54 Å². The summed E-state index contributed by atoms with van der Waals surface area (Å²) in [6.45, 7) is 0.396. The smallest absolute Gasteiger partial charge is 0.0660 e. The zero-order valence-corrected chi connectivity index (χ0v) is 10.7. The molecular formula is C8H9Br2N3O. The molecule has 0 fully saturated rings. The number of anilines is 1. The third-order valence-corrected chi connectivity index (χ3v) is 2.83. The zero-order valence-electron chi connectivity index (χ0n) is 7.50. The quantitative estimate of drug-likeness (QED) is 0.529. The first-order valence-corrected chi connectivity index (χ1v) is 5.41. The van der Waals surface area contributed by atoms with E-state index in [9.17, 15) is 4.91 Å². The molecule has 1 aromatic carbocycles. The molecule has 1 aromatic rings. The Labute approximate surface area is 98.7 Å². The fourth-order valence-corrected chi connectivity index (χ4v) is 2.36. The van der Waals surface area contributed by atoms with E-state index in [1.807, 2.05) is 12.1 Å². The van der Waals surface area contributed by atoms with E-state index >= 15 is 0 Å². The summed E-state index contributed by atoms with van der Waals surface area (Å²) >= 11 is 6.67. The van der Waals surface area contributed by atoms with Gasteiger partial charge in [-0.25, -0.2) is 0 Å². The van der Waals surface area contributed by atoms with Gasteiger partial charge >= 0.3 is 0 Å². The minimum atomic E-state index is 0.396. The van der Waals surface area contributed by atoms with Crippen LogP contribution in [0, 0.1) is 4.91 Å². The SMILES string of the molecule is CN(Cc1cc(Br)cc(Br)c1N)N=O. The topological polar surface area (TPSA) is 58.7 Å². The average molecular weight is 323 g/mol. The van der Waals surface area contributed by atoms with Crippen LogP contribution >= 0.6 is 31.9 Å². The number of nitrogen functional groups attached to an aromatic ring is 1. The van der Waals surface area contributed by atoms with Crippen molar-refractivity contribution in [3.05, 3.63) is 31.5 Å². The molecule has 1 rings (SSSR count). The second-order valence-corrected chi connectivity index (χ2v) is 4.63.